The Labute approximate surface area is 120 Å². The maximum Gasteiger partial charge on any atom is 0.256 e. The van der Waals surface area contributed by atoms with Gasteiger partial charge < -0.3 is 5.32 Å². The lowest BCUT2D eigenvalue weighted by molar-refractivity contribution is 0.675. The van der Waals surface area contributed by atoms with Gasteiger partial charge in [0.25, 0.3) is 5.95 Å². The lowest BCUT2D eigenvalue weighted by Gasteiger charge is -2.22. The highest BCUT2D eigenvalue weighted by Crippen LogP contribution is 2.20. The van der Waals surface area contributed by atoms with Crippen LogP contribution in [0.5, 0.6) is 0 Å². The molecule has 2 aromatic rings. The van der Waals surface area contributed by atoms with Crippen LogP contribution in [0.1, 0.15) is 12.8 Å². The summed E-state index contributed by atoms with van der Waals surface area (Å²) < 4.78 is 1.56. The Kier molecular flexibility index (Phi) is 3.84. The van der Waals surface area contributed by atoms with Crippen molar-refractivity contribution in [1.29, 1.82) is 0 Å². The van der Waals surface area contributed by atoms with Crippen molar-refractivity contribution in [2.45, 2.75) is 18.9 Å². The molecule has 2 aromatic heterocycles. The van der Waals surface area contributed by atoms with Crippen molar-refractivity contribution in [3.8, 4) is 5.95 Å². The summed E-state index contributed by atoms with van der Waals surface area (Å²) in [5, 5.41) is 7.58. The van der Waals surface area contributed by atoms with Gasteiger partial charge in [0.1, 0.15) is 0 Å². The standard InChI is InChI=1S/C11H13ClN6S/c12-9-15-10(14-8-3-1-6-19-7-8)17-11(16-9)18-5-2-4-13-18/h2,4-5,8H,1,3,6-7H2,(H,14,15,16,17). The van der Waals surface area contributed by atoms with E-state index >= 15 is 0 Å². The maximum atomic E-state index is 5.94. The number of rotatable bonds is 3. The molecule has 1 fully saturated rings. The van der Waals surface area contributed by atoms with E-state index in [1.807, 2.05) is 17.8 Å². The van der Waals surface area contributed by atoms with Crippen LogP contribution >= 0.6 is 23.4 Å². The molecule has 1 atom stereocenters. The molecule has 0 aliphatic carbocycles. The van der Waals surface area contributed by atoms with Crippen LogP contribution < -0.4 is 5.32 Å². The van der Waals surface area contributed by atoms with Crippen molar-refractivity contribution in [3.05, 3.63) is 23.7 Å². The largest absolute Gasteiger partial charge is 0.350 e. The van der Waals surface area contributed by atoms with Crippen LogP contribution in [-0.2, 0) is 0 Å². The minimum atomic E-state index is 0.173. The first-order chi connectivity index (χ1) is 9.31. The van der Waals surface area contributed by atoms with Crippen molar-refractivity contribution in [3.63, 3.8) is 0 Å². The summed E-state index contributed by atoms with van der Waals surface area (Å²) in [6.45, 7) is 0. The number of nitrogens with one attached hydrogen (secondary N) is 1. The van der Waals surface area contributed by atoms with E-state index in [4.69, 9.17) is 11.6 Å². The van der Waals surface area contributed by atoms with Gasteiger partial charge in [0, 0.05) is 24.2 Å². The molecule has 1 aliphatic rings. The van der Waals surface area contributed by atoms with Gasteiger partial charge in [-0.1, -0.05) is 0 Å². The molecular formula is C11H13ClN6S. The fourth-order valence-corrected chi connectivity index (χ4v) is 3.16. The van der Waals surface area contributed by atoms with Crippen LogP contribution in [0.15, 0.2) is 18.5 Å². The fraction of sp³-hybridized carbons (Fsp3) is 0.455. The van der Waals surface area contributed by atoms with Gasteiger partial charge in [-0.3, -0.25) is 0 Å². The summed E-state index contributed by atoms with van der Waals surface area (Å²) in [5.74, 6) is 3.24. The predicted octanol–water partition coefficient (Wildman–Crippen LogP) is 2.02. The Hall–Kier alpha value is -1.34. The third-order valence-electron chi connectivity index (χ3n) is 2.80. The second kappa shape index (κ2) is 5.75. The normalized spacial score (nSPS) is 19.3. The summed E-state index contributed by atoms with van der Waals surface area (Å²) >= 11 is 7.88. The van der Waals surface area contributed by atoms with E-state index in [1.165, 1.54) is 12.2 Å². The van der Waals surface area contributed by atoms with E-state index < -0.39 is 0 Å². The van der Waals surface area contributed by atoms with Gasteiger partial charge in [0.2, 0.25) is 11.2 Å². The molecule has 6 nitrogen and oxygen atoms in total. The van der Waals surface area contributed by atoms with Crippen LogP contribution in [0.25, 0.3) is 5.95 Å². The lowest BCUT2D eigenvalue weighted by atomic mass is 10.2. The molecule has 8 heteroatoms. The van der Waals surface area contributed by atoms with E-state index in [0.29, 0.717) is 17.9 Å². The van der Waals surface area contributed by atoms with Crippen molar-refractivity contribution in [2.75, 3.05) is 16.8 Å². The average Bonchev–Trinajstić information content (AvgIpc) is 2.93. The van der Waals surface area contributed by atoms with Crippen LogP contribution in [0.2, 0.25) is 5.28 Å². The SMILES string of the molecule is Clc1nc(NC2CCCSC2)nc(-n2cccn2)n1. The monoisotopic (exact) mass is 296 g/mol. The smallest absolute Gasteiger partial charge is 0.256 e. The maximum absolute atomic E-state index is 5.94. The third-order valence-corrected chi connectivity index (χ3v) is 4.18. The van der Waals surface area contributed by atoms with Crippen LogP contribution in [0.4, 0.5) is 5.95 Å². The molecule has 19 heavy (non-hydrogen) atoms. The highest BCUT2D eigenvalue weighted by atomic mass is 35.5. The quantitative estimate of drug-likeness (QED) is 0.934. The molecule has 1 aliphatic heterocycles. The van der Waals surface area contributed by atoms with Gasteiger partial charge in [-0.25, -0.2) is 4.68 Å². The van der Waals surface area contributed by atoms with Crippen molar-refractivity contribution < 1.29 is 0 Å². The minimum absolute atomic E-state index is 0.173. The predicted molar refractivity (Wildman–Crippen MR) is 75.9 cm³/mol. The fourth-order valence-electron chi connectivity index (χ4n) is 1.93. The molecule has 0 bridgehead atoms. The van der Waals surface area contributed by atoms with Crippen molar-refractivity contribution in [1.82, 2.24) is 24.7 Å². The number of nitrogens with zero attached hydrogens (tertiary/aromatic N) is 5. The van der Waals surface area contributed by atoms with Gasteiger partial charge in [0.15, 0.2) is 0 Å². The first-order valence-electron chi connectivity index (χ1n) is 6.07. The first-order valence-corrected chi connectivity index (χ1v) is 7.60. The zero-order valence-electron chi connectivity index (χ0n) is 10.2. The molecule has 100 valence electrons. The van der Waals surface area contributed by atoms with E-state index in [0.717, 1.165) is 12.2 Å². The highest BCUT2D eigenvalue weighted by molar-refractivity contribution is 7.99. The van der Waals surface area contributed by atoms with E-state index in [-0.39, 0.29) is 5.28 Å². The van der Waals surface area contributed by atoms with Gasteiger partial charge in [0.05, 0.1) is 0 Å². The number of thioether (sulfide) groups is 1. The molecule has 0 saturated carbocycles. The van der Waals surface area contributed by atoms with Gasteiger partial charge in [-0.2, -0.15) is 31.8 Å². The van der Waals surface area contributed by atoms with Crippen LogP contribution in [0.3, 0.4) is 0 Å². The van der Waals surface area contributed by atoms with Gasteiger partial charge in [-0.05, 0) is 36.3 Å². The Morgan fingerprint density at radius 1 is 1.37 bits per heavy atom. The number of halogens is 1. The zero-order chi connectivity index (χ0) is 13.1. The van der Waals surface area contributed by atoms with Gasteiger partial charge in [-0.15, -0.1) is 0 Å². The molecule has 1 saturated heterocycles. The second-order valence-electron chi connectivity index (χ2n) is 4.24. The number of aromatic nitrogens is 5. The Balaban J connectivity index is 1.81. The molecule has 0 radical (unpaired) electrons. The van der Waals surface area contributed by atoms with E-state index in [1.54, 1.807) is 17.1 Å². The summed E-state index contributed by atoms with van der Waals surface area (Å²) in [6, 6.07) is 2.20. The number of hydrogen-bond donors (Lipinski definition) is 1. The highest BCUT2D eigenvalue weighted by Gasteiger charge is 2.16. The summed E-state index contributed by atoms with van der Waals surface area (Å²) in [6.07, 6.45) is 5.79. The van der Waals surface area contributed by atoms with E-state index in [9.17, 15) is 0 Å². The summed E-state index contributed by atoms with van der Waals surface area (Å²) in [5.41, 5.74) is 0. The Morgan fingerprint density at radius 3 is 3.05 bits per heavy atom. The number of anilines is 1. The summed E-state index contributed by atoms with van der Waals surface area (Å²) in [4.78, 5) is 12.5. The van der Waals surface area contributed by atoms with Crippen molar-refractivity contribution in [2.24, 2.45) is 0 Å². The molecule has 3 heterocycles. The molecule has 1 unspecified atom stereocenters. The van der Waals surface area contributed by atoms with Crippen LogP contribution in [-0.4, -0.2) is 42.3 Å². The lowest BCUT2D eigenvalue weighted by Crippen LogP contribution is -2.27. The van der Waals surface area contributed by atoms with Gasteiger partial charge >= 0.3 is 0 Å². The number of hydrogen-bond acceptors (Lipinski definition) is 6. The molecule has 0 spiro atoms. The average molecular weight is 297 g/mol. The van der Waals surface area contributed by atoms with E-state index in [2.05, 4.69) is 25.4 Å². The Morgan fingerprint density at radius 2 is 2.32 bits per heavy atom. The zero-order valence-corrected chi connectivity index (χ0v) is 11.7. The first kappa shape index (κ1) is 12.7. The molecule has 1 N–H and O–H groups in total. The minimum Gasteiger partial charge on any atom is -0.350 e. The molecule has 0 aromatic carbocycles. The summed E-state index contributed by atoms with van der Waals surface area (Å²) in [7, 11) is 0. The second-order valence-corrected chi connectivity index (χ2v) is 5.72. The van der Waals surface area contributed by atoms with Crippen LogP contribution in [0, 0.1) is 0 Å². The molecule has 0 amide bonds. The van der Waals surface area contributed by atoms with Crippen molar-refractivity contribution >= 4 is 29.3 Å². The molecule has 3 rings (SSSR count). The topological polar surface area (TPSA) is 68.5 Å². The third kappa shape index (κ3) is 3.16. The Bertz CT molecular complexity index is 540. The molecular weight excluding hydrogens is 284 g/mol.